The zero-order chi connectivity index (χ0) is 24.8. The minimum Gasteiger partial charge on any atom is -0.497 e. The Kier molecular flexibility index (Phi) is 9.98. The van der Waals surface area contributed by atoms with Gasteiger partial charge in [0.15, 0.2) is 0 Å². The minimum absolute atomic E-state index is 0. The molecule has 0 saturated carbocycles. The SMILES string of the molecule is COc1cccc(-c2cn3cc(CCCCN4CCOCC4)cc3c(=O)n2CC(=O)NC(C)C)c1.Cl. The second-order valence-corrected chi connectivity index (χ2v) is 9.41. The van der Waals surface area contributed by atoms with Crippen molar-refractivity contribution in [3.63, 3.8) is 0 Å². The topological polar surface area (TPSA) is 77.2 Å². The Morgan fingerprint density at radius 2 is 1.92 bits per heavy atom. The molecule has 1 amide bonds. The van der Waals surface area contributed by atoms with Crippen LogP contribution in [0.3, 0.4) is 0 Å². The molecule has 1 aliphatic heterocycles. The molecule has 3 heterocycles. The lowest BCUT2D eigenvalue weighted by Gasteiger charge is -2.26. The van der Waals surface area contributed by atoms with E-state index in [0.29, 0.717) is 17.0 Å². The molecule has 8 nitrogen and oxygen atoms in total. The van der Waals surface area contributed by atoms with E-state index >= 15 is 0 Å². The van der Waals surface area contributed by atoms with E-state index in [1.54, 1.807) is 11.7 Å². The predicted octanol–water partition coefficient (Wildman–Crippen LogP) is 3.38. The number of aromatic nitrogens is 2. The van der Waals surface area contributed by atoms with Gasteiger partial charge >= 0.3 is 0 Å². The number of methoxy groups -OCH3 is 1. The predicted molar refractivity (Wildman–Crippen MR) is 144 cm³/mol. The zero-order valence-corrected chi connectivity index (χ0v) is 22.2. The largest absolute Gasteiger partial charge is 0.497 e. The van der Waals surface area contributed by atoms with Crippen molar-refractivity contribution in [3.05, 3.63) is 58.6 Å². The number of amides is 1. The number of morpholine rings is 1. The summed E-state index contributed by atoms with van der Waals surface area (Å²) < 4.78 is 14.3. The highest BCUT2D eigenvalue weighted by atomic mass is 35.5. The van der Waals surface area contributed by atoms with Gasteiger partial charge in [-0.1, -0.05) is 12.1 Å². The van der Waals surface area contributed by atoms with Gasteiger partial charge in [-0.15, -0.1) is 12.4 Å². The standard InChI is InChI=1S/C27H36N4O4.ClH/c1-20(2)28-26(32)19-31-25(22-8-6-9-23(16-22)34-3)18-30-17-21(15-24(30)27(31)33)7-4-5-10-29-11-13-35-14-12-29;/h6,8-9,15-18,20H,4-5,7,10-14,19H2,1-3H3,(H,28,32);1H. The number of unbranched alkanes of at least 4 members (excludes halogenated alkanes) is 1. The maximum atomic E-state index is 13.6. The number of carbonyl (C=O) groups is 1. The Hall–Kier alpha value is -2.81. The van der Waals surface area contributed by atoms with Crippen molar-refractivity contribution in [2.24, 2.45) is 0 Å². The normalized spacial score (nSPS) is 14.1. The van der Waals surface area contributed by atoms with Crippen LogP contribution in [0.15, 0.2) is 47.5 Å². The van der Waals surface area contributed by atoms with Crippen molar-refractivity contribution in [2.45, 2.75) is 45.7 Å². The summed E-state index contributed by atoms with van der Waals surface area (Å²) in [5.74, 6) is 0.507. The van der Waals surface area contributed by atoms with Crippen molar-refractivity contribution < 1.29 is 14.3 Å². The molecular formula is C27H37ClN4O4. The molecule has 0 atom stereocenters. The molecule has 0 spiro atoms. The average Bonchev–Trinajstić information content (AvgIpc) is 3.27. The Bertz CT molecular complexity index is 1210. The highest BCUT2D eigenvalue weighted by molar-refractivity contribution is 5.85. The fourth-order valence-electron chi connectivity index (χ4n) is 4.57. The van der Waals surface area contributed by atoms with Crippen LogP contribution in [0.4, 0.5) is 0 Å². The van der Waals surface area contributed by atoms with Crippen molar-refractivity contribution in [2.75, 3.05) is 40.0 Å². The van der Waals surface area contributed by atoms with Gasteiger partial charge in [-0.25, -0.2) is 0 Å². The third-order valence-electron chi connectivity index (χ3n) is 6.33. The number of halogens is 1. The van der Waals surface area contributed by atoms with E-state index in [2.05, 4.69) is 10.2 Å². The number of hydrogen-bond donors (Lipinski definition) is 1. The van der Waals surface area contributed by atoms with Gasteiger partial charge in [0.25, 0.3) is 5.56 Å². The first-order valence-corrected chi connectivity index (χ1v) is 12.4. The Morgan fingerprint density at radius 3 is 2.64 bits per heavy atom. The molecule has 3 aromatic rings. The molecule has 196 valence electrons. The average molecular weight is 517 g/mol. The zero-order valence-electron chi connectivity index (χ0n) is 21.4. The van der Waals surface area contributed by atoms with Crippen LogP contribution in [0.25, 0.3) is 16.8 Å². The monoisotopic (exact) mass is 516 g/mol. The lowest BCUT2D eigenvalue weighted by Crippen LogP contribution is -2.36. The Labute approximate surface area is 218 Å². The van der Waals surface area contributed by atoms with Gasteiger partial charge in [0, 0.05) is 37.1 Å². The van der Waals surface area contributed by atoms with Gasteiger partial charge in [0.2, 0.25) is 5.91 Å². The summed E-state index contributed by atoms with van der Waals surface area (Å²) in [5, 5.41) is 2.89. The number of ether oxygens (including phenoxy) is 2. The molecule has 0 radical (unpaired) electrons. The Balaban J connectivity index is 0.00000361. The van der Waals surface area contributed by atoms with E-state index in [0.717, 1.165) is 63.2 Å². The number of fused-ring (bicyclic) bond motifs is 1. The molecule has 0 bridgehead atoms. The van der Waals surface area contributed by atoms with Crippen molar-refractivity contribution >= 4 is 23.8 Å². The van der Waals surface area contributed by atoms with Gasteiger partial charge in [-0.05, 0) is 63.4 Å². The molecule has 4 rings (SSSR count). The van der Waals surface area contributed by atoms with Gasteiger partial charge in [-0.3, -0.25) is 19.1 Å². The van der Waals surface area contributed by atoms with Gasteiger partial charge < -0.3 is 19.2 Å². The third-order valence-corrected chi connectivity index (χ3v) is 6.33. The van der Waals surface area contributed by atoms with E-state index < -0.39 is 0 Å². The number of nitrogens with one attached hydrogen (secondary N) is 1. The maximum absolute atomic E-state index is 13.6. The molecular weight excluding hydrogens is 480 g/mol. The molecule has 2 aromatic heterocycles. The molecule has 0 aliphatic carbocycles. The molecule has 0 unspecified atom stereocenters. The summed E-state index contributed by atoms with van der Waals surface area (Å²) in [6.07, 6.45) is 7.05. The summed E-state index contributed by atoms with van der Waals surface area (Å²) in [7, 11) is 1.61. The van der Waals surface area contributed by atoms with Crippen LogP contribution < -0.4 is 15.6 Å². The van der Waals surface area contributed by atoms with Crippen LogP contribution in [0.2, 0.25) is 0 Å². The first kappa shape index (κ1) is 27.8. The van der Waals surface area contributed by atoms with Gasteiger partial charge in [0.1, 0.15) is 17.8 Å². The summed E-state index contributed by atoms with van der Waals surface area (Å²) in [6, 6.07) is 9.52. The molecule has 1 aliphatic rings. The van der Waals surface area contributed by atoms with E-state index in [4.69, 9.17) is 9.47 Å². The lowest BCUT2D eigenvalue weighted by molar-refractivity contribution is -0.122. The van der Waals surface area contributed by atoms with E-state index in [9.17, 15) is 9.59 Å². The number of rotatable bonds is 10. The van der Waals surface area contributed by atoms with Gasteiger partial charge in [-0.2, -0.15) is 0 Å². The molecule has 1 fully saturated rings. The summed E-state index contributed by atoms with van der Waals surface area (Å²) in [4.78, 5) is 28.6. The van der Waals surface area contributed by atoms with Crippen molar-refractivity contribution in [1.29, 1.82) is 0 Å². The number of hydrogen-bond acceptors (Lipinski definition) is 5. The van der Waals surface area contributed by atoms with Gasteiger partial charge in [0.05, 0.1) is 26.0 Å². The van der Waals surface area contributed by atoms with Crippen LogP contribution in [0.5, 0.6) is 5.75 Å². The Morgan fingerprint density at radius 1 is 1.14 bits per heavy atom. The van der Waals surface area contributed by atoms with Crippen LogP contribution >= 0.6 is 12.4 Å². The molecule has 36 heavy (non-hydrogen) atoms. The highest BCUT2D eigenvalue weighted by Crippen LogP contribution is 2.24. The van der Waals surface area contributed by atoms with Crippen LogP contribution in [0.1, 0.15) is 32.3 Å². The minimum atomic E-state index is -0.189. The molecule has 1 N–H and O–H groups in total. The summed E-state index contributed by atoms with van der Waals surface area (Å²) >= 11 is 0. The molecule has 1 saturated heterocycles. The van der Waals surface area contributed by atoms with Crippen LogP contribution in [0, 0.1) is 0 Å². The number of benzene rings is 1. The highest BCUT2D eigenvalue weighted by Gasteiger charge is 2.17. The number of carbonyl (C=O) groups excluding carboxylic acids is 1. The quantitative estimate of drug-likeness (QED) is 0.418. The van der Waals surface area contributed by atoms with E-state index in [-0.39, 0.29) is 36.5 Å². The molecule has 9 heteroatoms. The first-order valence-electron chi connectivity index (χ1n) is 12.4. The summed E-state index contributed by atoms with van der Waals surface area (Å²) in [5.41, 5.74) is 3.03. The number of aryl methyl sites for hydroxylation is 1. The maximum Gasteiger partial charge on any atom is 0.275 e. The van der Waals surface area contributed by atoms with Crippen LogP contribution in [-0.2, 0) is 22.5 Å². The van der Waals surface area contributed by atoms with E-state index in [1.165, 1.54) is 0 Å². The summed E-state index contributed by atoms with van der Waals surface area (Å²) in [6.45, 7) is 8.51. The van der Waals surface area contributed by atoms with Crippen molar-refractivity contribution in [3.8, 4) is 17.0 Å². The second-order valence-electron chi connectivity index (χ2n) is 9.41. The van der Waals surface area contributed by atoms with Crippen molar-refractivity contribution in [1.82, 2.24) is 19.2 Å². The fraction of sp³-hybridized carbons (Fsp3) is 0.481. The smallest absolute Gasteiger partial charge is 0.275 e. The third kappa shape index (κ3) is 6.90. The second kappa shape index (κ2) is 12.9. The van der Waals surface area contributed by atoms with Crippen LogP contribution in [-0.4, -0.2) is 65.8 Å². The number of nitrogens with zero attached hydrogens (tertiary/aromatic N) is 3. The fourth-order valence-corrected chi connectivity index (χ4v) is 4.57. The van der Waals surface area contributed by atoms with E-state index in [1.807, 2.05) is 61.0 Å². The first-order chi connectivity index (χ1) is 16.9. The molecule has 1 aromatic carbocycles. The lowest BCUT2D eigenvalue weighted by atomic mass is 10.1.